The molecule has 1 aliphatic carbocycles. The van der Waals surface area contributed by atoms with E-state index >= 15 is 0 Å². The number of piperidine rings is 1. The highest BCUT2D eigenvalue weighted by atomic mass is 16.3. The Labute approximate surface area is 95.6 Å². The molecule has 1 aliphatic heterocycles. The number of rotatable bonds is 3. The number of amides is 2. The Balaban J connectivity index is 2.01. The smallest absolute Gasteiger partial charge is 0.233 e. The fourth-order valence-electron chi connectivity index (χ4n) is 2.61. The number of likely N-dealkylation sites (tertiary alicyclic amines) is 1. The highest BCUT2D eigenvalue weighted by Crippen LogP contribution is 2.63. The summed E-state index contributed by atoms with van der Waals surface area (Å²) in [7, 11) is 0. The van der Waals surface area contributed by atoms with Gasteiger partial charge in [-0.05, 0) is 25.7 Å². The van der Waals surface area contributed by atoms with Crippen LogP contribution in [-0.2, 0) is 9.59 Å². The number of nitrogens with zero attached hydrogens (tertiary/aromatic N) is 1. The number of imide groups is 1. The van der Waals surface area contributed by atoms with Gasteiger partial charge in [0.05, 0.1) is 17.4 Å². The van der Waals surface area contributed by atoms with Crippen molar-refractivity contribution in [2.45, 2.75) is 39.7 Å². The molecule has 1 N–H and O–H groups in total. The van der Waals surface area contributed by atoms with Crippen LogP contribution in [0.3, 0.4) is 0 Å². The molecule has 2 fully saturated rings. The van der Waals surface area contributed by atoms with Crippen LogP contribution in [0.25, 0.3) is 0 Å². The zero-order valence-electron chi connectivity index (χ0n) is 10.3. The summed E-state index contributed by atoms with van der Waals surface area (Å²) in [5.41, 5.74) is -0.970. The molecule has 1 heterocycles. The Bertz CT molecular complexity index is 330. The number of hydrogen-bond acceptors (Lipinski definition) is 3. The second-order valence-corrected chi connectivity index (χ2v) is 6.17. The molecule has 90 valence electrons. The summed E-state index contributed by atoms with van der Waals surface area (Å²) in [5.74, 6) is -0.322. The van der Waals surface area contributed by atoms with Gasteiger partial charge in [-0.3, -0.25) is 14.5 Å². The Kier molecular flexibility index (Phi) is 2.22. The first kappa shape index (κ1) is 11.6. The van der Waals surface area contributed by atoms with E-state index in [0.29, 0.717) is 13.0 Å². The molecule has 1 saturated heterocycles. The lowest BCUT2D eigenvalue weighted by Gasteiger charge is -2.24. The zero-order chi connectivity index (χ0) is 12.3. The maximum atomic E-state index is 11.9. The number of aliphatic hydroxyl groups is 1. The average Bonchev–Trinajstić information content (AvgIpc) is 2.54. The van der Waals surface area contributed by atoms with Gasteiger partial charge in [-0.25, -0.2) is 0 Å². The fraction of sp³-hybridized carbons (Fsp3) is 0.833. The zero-order valence-corrected chi connectivity index (χ0v) is 10.3. The van der Waals surface area contributed by atoms with Crippen molar-refractivity contribution >= 4 is 11.8 Å². The second kappa shape index (κ2) is 3.06. The summed E-state index contributed by atoms with van der Waals surface area (Å²) in [4.78, 5) is 25.1. The number of fused-ring (bicyclic) bond motifs is 1. The SMILES string of the molecule is CC(C)(O)CCN1C(=O)C2C(C1=O)C2(C)C. The summed E-state index contributed by atoms with van der Waals surface area (Å²) in [5, 5.41) is 9.58. The van der Waals surface area contributed by atoms with Crippen molar-refractivity contribution in [3.8, 4) is 0 Å². The molecule has 4 nitrogen and oxygen atoms in total. The highest BCUT2D eigenvalue weighted by Gasteiger charge is 2.72. The van der Waals surface area contributed by atoms with Crippen LogP contribution in [0, 0.1) is 17.3 Å². The molecule has 0 spiro atoms. The Morgan fingerprint density at radius 3 is 2.06 bits per heavy atom. The fourth-order valence-corrected chi connectivity index (χ4v) is 2.61. The van der Waals surface area contributed by atoms with Crippen molar-refractivity contribution in [2.24, 2.45) is 17.3 Å². The van der Waals surface area contributed by atoms with Gasteiger partial charge in [0.1, 0.15) is 0 Å². The Morgan fingerprint density at radius 2 is 1.69 bits per heavy atom. The first-order valence-corrected chi connectivity index (χ1v) is 5.74. The summed E-state index contributed by atoms with van der Waals surface area (Å²) in [6.07, 6.45) is 0.435. The minimum Gasteiger partial charge on any atom is -0.390 e. The van der Waals surface area contributed by atoms with E-state index in [9.17, 15) is 14.7 Å². The van der Waals surface area contributed by atoms with Crippen molar-refractivity contribution in [3.05, 3.63) is 0 Å². The third-order valence-electron chi connectivity index (χ3n) is 3.84. The van der Waals surface area contributed by atoms with E-state index < -0.39 is 5.60 Å². The van der Waals surface area contributed by atoms with Crippen molar-refractivity contribution in [1.82, 2.24) is 4.90 Å². The third kappa shape index (κ3) is 1.56. The number of carbonyl (C=O) groups excluding carboxylic acids is 2. The van der Waals surface area contributed by atoms with Gasteiger partial charge in [0.25, 0.3) is 0 Å². The molecule has 2 amide bonds. The van der Waals surface area contributed by atoms with Crippen LogP contribution < -0.4 is 0 Å². The van der Waals surface area contributed by atoms with Crippen LogP contribution in [0.2, 0.25) is 0 Å². The van der Waals surface area contributed by atoms with Crippen LogP contribution in [-0.4, -0.2) is 34.0 Å². The summed E-state index contributed by atoms with van der Waals surface area (Å²) < 4.78 is 0. The lowest BCUT2D eigenvalue weighted by atomic mass is 10.0. The molecule has 0 bridgehead atoms. The molecule has 0 radical (unpaired) electrons. The van der Waals surface area contributed by atoms with Crippen LogP contribution in [0.4, 0.5) is 0 Å². The van der Waals surface area contributed by atoms with E-state index in [1.54, 1.807) is 13.8 Å². The van der Waals surface area contributed by atoms with Crippen LogP contribution in [0.15, 0.2) is 0 Å². The van der Waals surface area contributed by atoms with Gasteiger partial charge in [0.15, 0.2) is 0 Å². The molecule has 4 heteroatoms. The van der Waals surface area contributed by atoms with Gasteiger partial charge in [-0.2, -0.15) is 0 Å². The van der Waals surface area contributed by atoms with E-state index in [1.807, 2.05) is 13.8 Å². The van der Waals surface area contributed by atoms with Crippen molar-refractivity contribution in [3.63, 3.8) is 0 Å². The largest absolute Gasteiger partial charge is 0.390 e. The predicted octanol–water partition coefficient (Wildman–Crippen LogP) is 0.788. The topological polar surface area (TPSA) is 57.6 Å². The first-order chi connectivity index (χ1) is 7.16. The quantitative estimate of drug-likeness (QED) is 0.722. The summed E-state index contributed by atoms with van der Waals surface area (Å²) >= 11 is 0. The number of hydrogen-bond donors (Lipinski definition) is 1. The standard InChI is InChI=1S/C12H19NO3/c1-11(2,16)5-6-13-9(14)7-8(10(13)15)12(7,3)4/h7-8,16H,5-6H2,1-4H3. The van der Waals surface area contributed by atoms with E-state index in [-0.39, 0.29) is 29.1 Å². The summed E-state index contributed by atoms with van der Waals surface area (Å²) in [6.45, 7) is 7.63. The normalized spacial score (nSPS) is 31.9. The molecular formula is C12H19NO3. The monoisotopic (exact) mass is 225 g/mol. The van der Waals surface area contributed by atoms with E-state index in [2.05, 4.69) is 0 Å². The van der Waals surface area contributed by atoms with Gasteiger partial charge >= 0.3 is 0 Å². The Morgan fingerprint density at radius 1 is 1.25 bits per heavy atom. The lowest BCUT2D eigenvalue weighted by Crippen LogP contribution is -2.39. The maximum absolute atomic E-state index is 11.9. The van der Waals surface area contributed by atoms with E-state index in [0.717, 1.165) is 0 Å². The molecule has 1 saturated carbocycles. The van der Waals surface area contributed by atoms with Gasteiger partial charge < -0.3 is 5.11 Å². The minimum absolute atomic E-state index is 0.0516. The molecular weight excluding hydrogens is 206 g/mol. The molecule has 2 rings (SSSR count). The van der Waals surface area contributed by atoms with Crippen molar-refractivity contribution in [2.75, 3.05) is 6.54 Å². The minimum atomic E-state index is -0.830. The van der Waals surface area contributed by atoms with Gasteiger partial charge in [0.2, 0.25) is 11.8 Å². The second-order valence-electron chi connectivity index (χ2n) is 6.17. The van der Waals surface area contributed by atoms with Crippen LogP contribution >= 0.6 is 0 Å². The molecule has 0 aromatic heterocycles. The van der Waals surface area contributed by atoms with Gasteiger partial charge in [-0.15, -0.1) is 0 Å². The molecule has 0 aromatic carbocycles. The van der Waals surface area contributed by atoms with E-state index in [4.69, 9.17) is 0 Å². The molecule has 2 atom stereocenters. The average molecular weight is 225 g/mol. The van der Waals surface area contributed by atoms with Crippen molar-refractivity contribution < 1.29 is 14.7 Å². The van der Waals surface area contributed by atoms with Crippen LogP contribution in [0.1, 0.15) is 34.1 Å². The number of carbonyl (C=O) groups is 2. The predicted molar refractivity (Wildman–Crippen MR) is 58.4 cm³/mol. The third-order valence-corrected chi connectivity index (χ3v) is 3.84. The van der Waals surface area contributed by atoms with Gasteiger partial charge in [0, 0.05) is 6.54 Å². The summed E-state index contributed by atoms with van der Waals surface area (Å²) in [6, 6.07) is 0. The van der Waals surface area contributed by atoms with Crippen LogP contribution in [0.5, 0.6) is 0 Å². The van der Waals surface area contributed by atoms with E-state index in [1.165, 1.54) is 4.90 Å². The van der Waals surface area contributed by atoms with Crippen molar-refractivity contribution in [1.29, 1.82) is 0 Å². The van der Waals surface area contributed by atoms with Gasteiger partial charge in [-0.1, -0.05) is 13.8 Å². The molecule has 0 aromatic rings. The first-order valence-electron chi connectivity index (χ1n) is 5.74. The Hall–Kier alpha value is -0.900. The molecule has 2 aliphatic rings. The molecule has 2 unspecified atom stereocenters. The molecule has 16 heavy (non-hydrogen) atoms. The maximum Gasteiger partial charge on any atom is 0.233 e. The highest BCUT2D eigenvalue weighted by molar-refractivity contribution is 6.10. The lowest BCUT2D eigenvalue weighted by molar-refractivity contribution is -0.143.